The number of carbonyl (C=O) groups is 2. The van der Waals surface area contributed by atoms with Gasteiger partial charge in [-0.2, -0.15) is 0 Å². The van der Waals surface area contributed by atoms with E-state index in [0.29, 0.717) is 5.56 Å². The molecule has 1 amide bonds. The number of likely N-dealkylation sites (N-methyl/N-ethyl adjacent to an activating group) is 1. The minimum Gasteiger partial charge on any atom is -0.361 e. The second-order valence-electron chi connectivity index (χ2n) is 5.85. The van der Waals surface area contributed by atoms with Crippen molar-refractivity contribution in [1.82, 2.24) is 9.80 Å². The number of amides is 1. The highest BCUT2D eigenvalue weighted by molar-refractivity contribution is 6.00. The number of rotatable bonds is 5. The summed E-state index contributed by atoms with van der Waals surface area (Å²) in [6, 6.07) is 8.76. The van der Waals surface area contributed by atoms with Crippen LogP contribution in [0.25, 0.3) is 0 Å². The molecule has 0 aliphatic carbocycles. The second kappa shape index (κ2) is 6.02. The summed E-state index contributed by atoms with van der Waals surface area (Å²) in [5, 5.41) is 10.3. The van der Waals surface area contributed by atoms with Gasteiger partial charge < -0.3 is 5.11 Å². The Bertz CT molecular complexity index is 587. The third-order valence-corrected chi connectivity index (χ3v) is 4.70. The molecular weight excluding hydrogens is 280 g/mol. The van der Waals surface area contributed by atoms with Crippen LogP contribution in [0.2, 0.25) is 0 Å². The van der Waals surface area contributed by atoms with E-state index in [0.717, 1.165) is 0 Å². The monoisotopic (exact) mass is 302 g/mol. The highest BCUT2D eigenvalue weighted by atomic mass is 16.3. The van der Waals surface area contributed by atoms with Gasteiger partial charge in [-0.25, -0.2) is 4.90 Å². The predicted molar refractivity (Wildman–Crippen MR) is 84.0 cm³/mol. The maximum absolute atomic E-state index is 12.7. The highest BCUT2D eigenvalue weighted by Crippen LogP contribution is 2.35. The van der Waals surface area contributed by atoms with Gasteiger partial charge in [0.2, 0.25) is 5.91 Å². The molecule has 0 radical (unpaired) electrons. The molecule has 1 aliphatic heterocycles. The lowest BCUT2D eigenvalue weighted by Gasteiger charge is -2.33. The van der Waals surface area contributed by atoms with Gasteiger partial charge in [-0.15, -0.1) is 6.58 Å². The smallest absolute Gasteiger partial charge is 0.247 e. The zero-order valence-corrected chi connectivity index (χ0v) is 13.2. The van der Waals surface area contributed by atoms with Crippen molar-refractivity contribution in [1.29, 1.82) is 0 Å². The zero-order chi connectivity index (χ0) is 16.5. The van der Waals surface area contributed by atoms with Gasteiger partial charge in [-0.3, -0.25) is 14.5 Å². The second-order valence-corrected chi connectivity index (χ2v) is 5.85. The molecule has 1 heterocycles. The highest BCUT2D eigenvalue weighted by Gasteiger charge is 2.54. The fourth-order valence-corrected chi connectivity index (χ4v) is 2.76. The number of nitrogens with zero attached hydrogens (tertiary/aromatic N) is 2. The fraction of sp³-hybridized carbons (Fsp3) is 0.412. The number of ketones is 1. The number of hydrogen-bond acceptors (Lipinski definition) is 4. The van der Waals surface area contributed by atoms with Crippen LogP contribution in [0.4, 0.5) is 0 Å². The number of hydrogen-bond donors (Lipinski definition) is 1. The van der Waals surface area contributed by atoms with Gasteiger partial charge in [0.1, 0.15) is 5.54 Å². The Morgan fingerprint density at radius 1 is 1.45 bits per heavy atom. The summed E-state index contributed by atoms with van der Waals surface area (Å²) < 4.78 is 0. The lowest BCUT2D eigenvalue weighted by molar-refractivity contribution is -0.136. The minimum absolute atomic E-state index is 0.145. The Labute approximate surface area is 130 Å². The largest absolute Gasteiger partial charge is 0.361 e. The molecule has 1 saturated heterocycles. The van der Waals surface area contributed by atoms with Crippen molar-refractivity contribution in [2.24, 2.45) is 5.92 Å². The molecule has 1 fully saturated rings. The first-order valence-corrected chi connectivity index (χ1v) is 7.27. The van der Waals surface area contributed by atoms with E-state index in [1.807, 2.05) is 13.0 Å². The molecule has 3 unspecified atom stereocenters. The molecule has 5 nitrogen and oxygen atoms in total. The van der Waals surface area contributed by atoms with Gasteiger partial charge in [0.05, 0.1) is 6.54 Å². The molecule has 3 atom stereocenters. The number of aliphatic hydroxyl groups excluding tert-OH is 1. The molecule has 5 heteroatoms. The molecule has 22 heavy (non-hydrogen) atoms. The summed E-state index contributed by atoms with van der Waals surface area (Å²) in [5.74, 6) is -0.618. The van der Waals surface area contributed by atoms with Crippen molar-refractivity contribution in [3.05, 3.63) is 48.6 Å². The Balaban J connectivity index is 2.24. The van der Waals surface area contributed by atoms with Gasteiger partial charge in [-0.05, 0) is 14.0 Å². The molecule has 0 aromatic heterocycles. The van der Waals surface area contributed by atoms with Crippen LogP contribution in [-0.2, 0) is 4.79 Å². The van der Waals surface area contributed by atoms with Crippen molar-refractivity contribution in [2.75, 3.05) is 13.6 Å². The average Bonchev–Trinajstić information content (AvgIpc) is 2.71. The summed E-state index contributed by atoms with van der Waals surface area (Å²) in [6.07, 6.45) is 0.566. The first kappa shape index (κ1) is 16.4. The van der Waals surface area contributed by atoms with Crippen molar-refractivity contribution in [2.45, 2.75) is 25.7 Å². The third-order valence-electron chi connectivity index (χ3n) is 4.70. The van der Waals surface area contributed by atoms with E-state index in [4.69, 9.17) is 0 Å². The van der Waals surface area contributed by atoms with Crippen molar-refractivity contribution in [3.63, 3.8) is 0 Å². The summed E-state index contributed by atoms with van der Waals surface area (Å²) >= 11 is 0. The zero-order valence-electron chi connectivity index (χ0n) is 13.2. The summed E-state index contributed by atoms with van der Waals surface area (Å²) in [5.41, 5.74) is -0.381. The van der Waals surface area contributed by atoms with Crippen LogP contribution in [0.1, 0.15) is 24.2 Å². The van der Waals surface area contributed by atoms with Gasteiger partial charge in [-0.1, -0.05) is 43.3 Å². The Kier molecular flexibility index (Phi) is 4.49. The minimum atomic E-state index is -1.12. The Morgan fingerprint density at radius 3 is 2.59 bits per heavy atom. The van der Waals surface area contributed by atoms with Crippen LogP contribution in [0.5, 0.6) is 0 Å². The van der Waals surface area contributed by atoms with Gasteiger partial charge in [0, 0.05) is 11.5 Å². The van der Waals surface area contributed by atoms with Crippen molar-refractivity contribution >= 4 is 11.7 Å². The molecule has 1 aliphatic rings. The maximum atomic E-state index is 12.7. The topological polar surface area (TPSA) is 60.9 Å². The molecule has 0 bridgehead atoms. The molecular formula is C17H22N2O3. The normalized spacial score (nSPS) is 27.0. The summed E-state index contributed by atoms with van der Waals surface area (Å²) in [7, 11) is 1.68. The lowest BCUT2D eigenvalue weighted by Crippen LogP contribution is -2.50. The number of carbonyl (C=O) groups excluding carboxylic acids is 2. The average molecular weight is 302 g/mol. The van der Waals surface area contributed by atoms with Gasteiger partial charge in [0.15, 0.2) is 12.1 Å². The SMILES string of the molecule is C=CC(C)C1(C)C(=O)N(CC(=O)c2ccccc2)C(O)N1C. The summed E-state index contributed by atoms with van der Waals surface area (Å²) in [4.78, 5) is 27.8. The predicted octanol–water partition coefficient (Wildman–Crippen LogP) is 1.50. The first-order chi connectivity index (χ1) is 10.3. The van der Waals surface area contributed by atoms with E-state index in [2.05, 4.69) is 6.58 Å². The lowest BCUT2D eigenvalue weighted by atomic mass is 9.86. The molecule has 0 saturated carbocycles. The van der Waals surface area contributed by atoms with E-state index >= 15 is 0 Å². The summed E-state index contributed by atoms with van der Waals surface area (Å²) in [6.45, 7) is 7.22. The molecule has 118 valence electrons. The van der Waals surface area contributed by atoms with Crippen LogP contribution in [0.15, 0.2) is 43.0 Å². The van der Waals surface area contributed by atoms with Crippen LogP contribution < -0.4 is 0 Å². The van der Waals surface area contributed by atoms with Crippen LogP contribution in [0.3, 0.4) is 0 Å². The number of aliphatic hydroxyl groups is 1. The first-order valence-electron chi connectivity index (χ1n) is 7.27. The van der Waals surface area contributed by atoms with E-state index < -0.39 is 11.9 Å². The van der Waals surface area contributed by atoms with Crippen molar-refractivity contribution < 1.29 is 14.7 Å². The van der Waals surface area contributed by atoms with E-state index in [1.54, 1.807) is 49.2 Å². The standard InChI is InChI=1S/C17H22N2O3/c1-5-12(2)17(3)15(21)19(16(22)18(17)4)11-14(20)13-9-7-6-8-10-13/h5-10,12,16,22H,1,11H2,2-4H3. The number of benzene rings is 1. The van der Waals surface area contributed by atoms with E-state index in [-0.39, 0.29) is 24.2 Å². The molecule has 2 rings (SSSR count). The van der Waals surface area contributed by atoms with Gasteiger partial charge in [0.25, 0.3) is 0 Å². The van der Waals surface area contributed by atoms with E-state index in [9.17, 15) is 14.7 Å². The maximum Gasteiger partial charge on any atom is 0.247 e. The quantitative estimate of drug-likeness (QED) is 0.661. The van der Waals surface area contributed by atoms with E-state index in [1.165, 1.54) is 4.90 Å². The fourth-order valence-electron chi connectivity index (χ4n) is 2.76. The molecule has 1 N–H and O–H groups in total. The van der Waals surface area contributed by atoms with Gasteiger partial charge >= 0.3 is 0 Å². The third kappa shape index (κ3) is 2.46. The van der Waals surface area contributed by atoms with Crippen molar-refractivity contribution in [3.8, 4) is 0 Å². The molecule has 0 spiro atoms. The molecule has 1 aromatic carbocycles. The van der Waals surface area contributed by atoms with Crippen LogP contribution in [-0.4, -0.2) is 52.1 Å². The molecule has 1 aromatic rings. The number of Topliss-reactive ketones (excluding diaryl/α,β-unsaturated/α-hetero) is 1. The Morgan fingerprint density at radius 2 is 2.05 bits per heavy atom. The van der Waals surface area contributed by atoms with Crippen LogP contribution in [0, 0.1) is 5.92 Å². The Hall–Kier alpha value is -1.98. The van der Waals surface area contributed by atoms with Crippen LogP contribution >= 0.6 is 0 Å².